The number of hydrogen-bond donors (Lipinski definition) is 2. The highest BCUT2D eigenvalue weighted by atomic mass is 33.0. The standard InChI is InChI=1S/C30H57O2PS2/c1-3-5-7-9-11-13-15-17-19-24-28-35(33(31,32)34,30-26-22-21-23-27-30)29-25-20-18-16-14-12-10-8-6-4-2/h21-23,26-27H,3-20,24-25,28-29H2,1-2H3,(H2,31,32,34). The second kappa shape index (κ2) is 21.1. The maximum absolute atomic E-state index is 11.0. The molecule has 0 fully saturated rings. The quantitative estimate of drug-likeness (QED) is 0.100. The molecule has 5 heteroatoms. The molecule has 0 aliphatic carbocycles. The zero-order chi connectivity index (χ0) is 25.7. The predicted octanol–water partition coefficient (Wildman–Crippen LogP) is 10.9. The normalized spacial score (nSPS) is 12.8. The SMILES string of the molecule is CCCCCCCCCCCCS(CCCCCCCCCCCC)(c1ccccc1)P(O)(O)=S. The van der Waals surface area contributed by atoms with E-state index in [1.165, 1.54) is 116 Å². The van der Waals surface area contributed by atoms with Crippen molar-refractivity contribution < 1.29 is 9.79 Å². The van der Waals surface area contributed by atoms with E-state index in [4.69, 9.17) is 11.8 Å². The summed E-state index contributed by atoms with van der Waals surface area (Å²) >= 11 is 5.50. The maximum Gasteiger partial charge on any atom is 0.228 e. The molecule has 2 N–H and O–H groups in total. The van der Waals surface area contributed by atoms with E-state index in [2.05, 4.69) is 26.0 Å². The smallest absolute Gasteiger partial charge is 0.228 e. The van der Waals surface area contributed by atoms with Crippen molar-refractivity contribution in [3.63, 3.8) is 0 Å². The first kappa shape index (κ1) is 33.2. The van der Waals surface area contributed by atoms with Gasteiger partial charge >= 0.3 is 0 Å². The monoisotopic (exact) mass is 544 g/mol. The minimum Gasteiger partial charge on any atom is -0.338 e. The lowest BCUT2D eigenvalue weighted by atomic mass is 10.1. The first-order valence-electron chi connectivity index (χ1n) is 14.9. The lowest BCUT2D eigenvalue weighted by Crippen LogP contribution is -2.11. The molecule has 0 saturated heterocycles. The Kier molecular flexibility index (Phi) is 20.0. The molecule has 2 nitrogen and oxygen atoms in total. The van der Waals surface area contributed by atoms with Crippen LogP contribution >= 0.6 is 15.3 Å². The van der Waals surface area contributed by atoms with Gasteiger partial charge in [0.2, 0.25) is 5.69 Å². The Hall–Kier alpha value is 0.140. The first-order chi connectivity index (χ1) is 17.0. The van der Waals surface area contributed by atoms with Crippen LogP contribution < -0.4 is 0 Å². The van der Waals surface area contributed by atoms with Gasteiger partial charge in [0.25, 0.3) is 0 Å². The van der Waals surface area contributed by atoms with Gasteiger partial charge in [0.05, 0.1) is 0 Å². The fourth-order valence-electron chi connectivity index (χ4n) is 5.04. The summed E-state index contributed by atoms with van der Waals surface area (Å²) < 4.78 is 0. The topological polar surface area (TPSA) is 40.5 Å². The maximum atomic E-state index is 11.0. The van der Waals surface area contributed by atoms with E-state index >= 15 is 0 Å². The molecule has 0 amide bonds. The molecule has 0 spiro atoms. The lowest BCUT2D eigenvalue weighted by molar-refractivity contribution is 0.500. The lowest BCUT2D eigenvalue weighted by Gasteiger charge is -2.43. The van der Waals surface area contributed by atoms with Crippen LogP contribution in [0.25, 0.3) is 0 Å². The van der Waals surface area contributed by atoms with Crippen LogP contribution in [0.4, 0.5) is 0 Å². The molecule has 0 bridgehead atoms. The van der Waals surface area contributed by atoms with Crippen molar-refractivity contribution in [1.29, 1.82) is 0 Å². The van der Waals surface area contributed by atoms with Gasteiger partial charge in [-0.1, -0.05) is 148 Å². The third kappa shape index (κ3) is 14.6. The largest absolute Gasteiger partial charge is 0.338 e. The second-order valence-electron chi connectivity index (χ2n) is 10.4. The highest BCUT2D eigenvalue weighted by Crippen LogP contribution is 2.81. The van der Waals surface area contributed by atoms with E-state index in [-0.39, 0.29) is 0 Å². The van der Waals surface area contributed by atoms with E-state index in [9.17, 15) is 9.79 Å². The van der Waals surface area contributed by atoms with E-state index in [0.717, 1.165) is 29.2 Å². The van der Waals surface area contributed by atoms with E-state index in [1.807, 2.05) is 18.2 Å². The van der Waals surface area contributed by atoms with Gasteiger partial charge in [-0.3, -0.25) is 0 Å². The molecule has 0 radical (unpaired) electrons. The number of rotatable bonds is 24. The van der Waals surface area contributed by atoms with Crippen LogP contribution in [0.5, 0.6) is 0 Å². The minimum atomic E-state index is -3.37. The van der Waals surface area contributed by atoms with Crippen LogP contribution in [-0.2, 0) is 11.8 Å². The third-order valence-corrected chi connectivity index (χ3v) is 18.3. The molecule has 0 aromatic heterocycles. The van der Waals surface area contributed by atoms with Crippen LogP contribution in [-0.4, -0.2) is 21.3 Å². The van der Waals surface area contributed by atoms with Gasteiger partial charge in [-0.25, -0.2) is 0 Å². The van der Waals surface area contributed by atoms with Gasteiger partial charge in [0, 0.05) is 0 Å². The molecule has 0 aliphatic heterocycles. The molecule has 1 rings (SSSR count). The molecule has 1 aromatic rings. The third-order valence-electron chi connectivity index (χ3n) is 7.31. The van der Waals surface area contributed by atoms with Crippen LogP contribution in [0.2, 0.25) is 0 Å². The van der Waals surface area contributed by atoms with Crippen molar-refractivity contribution >= 4 is 27.1 Å². The Morgan fingerprint density at radius 2 is 0.857 bits per heavy atom. The Morgan fingerprint density at radius 1 is 0.543 bits per heavy atom. The average Bonchev–Trinajstić information content (AvgIpc) is 2.84. The molecular formula is C30H57O2PS2. The molecular weight excluding hydrogens is 487 g/mol. The highest BCUT2D eigenvalue weighted by molar-refractivity contribution is 8.85. The molecule has 0 atom stereocenters. The number of benzene rings is 1. The summed E-state index contributed by atoms with van der Waals surface area (Å²) in [5, 5.41) is 0. The molecule has 1 aromatic carbocycles. The Balaban J connectivity index is 2.50. The fourth-order valence-corrected chi connectivity index (χ4v) is 14.0. The molecule has 206 valence electrons. The summed E-state index contributed by atoms with van der Waals surface area (Å²) in [7, 11) is -1.77. The summed E-state index contributed by atoms with van der Waals surface area (Å²) in [4.78, 5) is 23.1. The summed E-state index contributed by atoms with van der Waals surface area (Å²) in [6, 6.07) is 10.3. The van der Waals surface area contributed by atoms with Crippen LogP contribution in [0.1, 0.15) is 142 Å². The summed E-state index contributed by atoms with van der Waals surface area (Å²) in [5.74, 6) is 1.77. The molecule has 0 aliphatic rings. The first-order valence-corrected chi connectivity index (χ1v) is 20.2. The second-order valence-corrected chi connectivity index (χ2v) is 20.2. The van der Waals surface area contributed by atoms with Gasteiger partial charge in [0.15, 0.2) is 0 Å². The Morgan fingerprint density at radius 3 is 1.17 bits per heavy atom. The Bertz CT molecular complexity index is 623. The van der Waals surface area contributed by atoms with Gasteiger partial charge in [0.1, 0.15) is 0 Å². The van der Waals surface area contributed by atoms with Crippen molar-refractivity contribution in [3.05, 3.63) is 30.3 Å². The zero-order valence-corrected chi connectivity index (χ0v) is 25.6. The van der Waals surface area contributed by atoms with Gasteiger partial charge in [-0.15, -0.1) is 9.65 Å². The molecule has 35 heavy (non-hydrogen) atoms. The summed E-state index contributed by atoms with van der Waals surface area (Å²) in [5.41, 5.74) is -3.37. The van der Waals surface area contributed by atoms with Crippen molar-refractivity contribution in [1.82, 2.24) is 0 Å². The van der Waals surface area contributed by atoms with Gasteiger partial charge < -0.3 is 9.79 Å². The van der Waals surface area contributed by atoms with Crippen LogP contribution in [0.15, 0.2) is 35.2 Å². The number of hydrogen-bond acceptors (Lipinski definition) is 1. The van der Waals surface area contributed by atoms with E-state index < -0.39 is 15.3 Å². The molecule has 0 heterocycles. The van der Waals surface area contributed by atoms with Gasteiger partial charge in [-0.05, 0) is 53.2 Å². The highest BCUT2D eigenvalue weighted by Gasteiger charge is 2.38. The van der Waals surface area contributed by atoms with Gasteiger partial charge in [-0.2, -0.15) is 0 Å². The molecule has 0 saturated carbocycles. The zero-order valence-electron chi connectivity index (χ0n) is 23.1. The van der Waals surface area contributed by atoms with Crippen LogP contribution in [0.3, 0.4) is 0 Å². The average molecular weight is 545 g/mol. The van der Waals surface area contributed by atoms with E-state index in [0.29, 0.717) is 0 Å². The van der Waals surface area contributed by atoms with Crippen molar-refractivity contribution in [2.45, 2.75) is 147 Å². The van der Waals surface area contributed by atoms with Crippen molar-refractivity contribution in [3.8, 4) is 0 Å². The minimum absolute atomic E-state index is 0.884. The summed E-state index contributed by atoms with van der Waals surface area (Å²) in [6.45, 7) is 4.54. The molecule has 0 unspecified atom stereocenters. The predicted molar refractivity (Wildman–Crippen MR) is 164 cm³/mol. The van der Waals surface area contributed by atoms with Crippen LogP contribution in [0, 0.1) is 0 Å². The van der Waals surface area contributed by atoms with E-state index in [1.54, 1.807) is 0 Å². The van der Waals surface area contributed by atoms with Crippen molar-refractivity contribution in [2.75, 3.05) is 11.5 Å². The Labute approximate surface area is 225 Å². The summed E-state index contributed by atoms with van der Waals surface area (Å²) in [6.07, 6.45) is 26.0. The number of unbranched alkanes of at least 4 members (excludes halogenated alkanes) is 18. The fraction of sp³-hybridized carbons (Fsp3) is 0.800. The van der Waals surface area contributed by atoms with Crippen molar-refractivity contribution in [2.24, 2.45) is 0 Å².